The van der Waals surface area contributed by atoms with E-state index in [1.807, 2.05) is 0 Å². The zero-order valence-electron chi connectivity index (χ0n) is 5.55. The molecule has 0 bridgehead atoms. The van der Waals surface area contributed by atoms with Crippen molar-refractivity contribution < 1.29 is 9.59 Å². The van der Waals surface area contributed by atoms with Crippen molar-refractivity contribution in [2.75, 3.05) is 0 Å². The summed E-state index contributed by atoms with van der Waals surface area (Å²) in [6.07, 6.45) is 0.322. The molecule has 0 aromatic carbocycles. The van der Waals surface area contributed by atoms with Gasteiger partial charge in [0.05, 0.1) is 0 Å². The number of carbonyl (C=O) groups excluding carboxylic acids is 2. The Hall–Kier alpha value is -0.780. The maximum Gasteiger partial charge on any atom is 0.215 e. The molecule has 0 aliphatic carbocycles. The summed E-state index contributed by atoms with van der Waals surface area (Å²) in [5.74, 6) is -0.440. The van der Waals surface area contributed by atoms with Gasteiger partial charge in [0.15, 0.2) is 6.29 Å². The van der Waals surface area contributed by atoms with Crippen molar-refractivity contribution in [3.05, 3.63) is 0 Å². The monoisotopic (exact) mass is 143 g/mol. The third-order valence-electron chi connectivity index (χ3n) is 1.45. The largest absolute Gasteiger partial charge is 0.295 e. The molecule has 1 aliphatic rings. The zero-order valence-corrected chi connectivity index (χ0v) is 5.55. The number of aldehydes is 1. The van der Waals surface area contributed by atoms with Crippen molar-refractivity contribution in [3.63, 3.8) is 0 Å². The van der Waals surface area contributed by atoms with Gasteiger partial charge >= 0.3 is 0 Å². The smallest absolute Gasteiger partial charge is 0.215 e. The van der Waals surface area contributed by atoms with E-state index in [1.54, 1.807) is 6.92 Å². The first-order valence-corrected chi connectivity index (χ1v) is 3.01. The fourth-order valence-corrected chi connectivity index (χ4v) is 0.832. The van der Waals surface area contributed by atoms with Gasteiger partial charge in [-0.2, -0.15) is 5.53 Å². The standard InChI is InChI=1S/C5H9N3O2/c1-3-5(4(10)2-9)7-8-6-3/h2-3,5-8H,1H3. The summed E-state index contributed by atoms with van der Waals surface area (Å²) in [7, 11) is 0. The summed E-state index contributed by atoms with van der Waals surface area (Å²) in [4.78, 5) is 20.7. The highest BCUT2D eigenvalue weighted by atomic mass is 16.2. The number of hydrogen-bond donors (Lipinski definition) is 3. The summed E-state index contributed by atoms with van der Waals surface area (Å²) in [6.45, 7) is 1.80. The number of nitrogens with one attached hydrogen (secondary N) is 3. The van der Waals surface area contributed by atoms with E-state index in [9.17, 15) is 9.59 Å². The van der Waals surface area contributed by atoms with Crippen LogP contribution >= 0.6 is 0 Å². The van der Waals surface area contributed by atoms with Crippen LogP contribution in [-0.4, -0.2) is 24.2 Å². The van der Waals surface area contributed by atoms with E-state index < -0.39 is 11.8 Å². The molecule has 5 heteroatoms. The number of Topliss-reactive ketones (excluding diaryl/α,β-unsaturated/α-hetero) is 1. The van der Waals surface area contributed by atoms with Crippen molar-refractivity contribution in [1.82, 2.24) is 16.4 Å². The maximum atomic E-state index is 10.7. The van der Waals surface area contributed by atoms with Crippen molar-refractivity contribution in [3.8, 4) is 0 Å². The molecule has 1 fully saturated rings. The molecule has 1 rings (SSSR count). The normalized spacial score (nSPS) is 32.1. The van der Waals surface area contributed by atoms with Gasteiger partial charge in [-0.15, -0.1) is 0 Å². The van der Waals surface area contributed by atoms with E-state index in [2.05, 4.69) is 16.4 Å². The molecule has 1 saturated heterocycles. The lowest BCUT2D eigenvalue weighted by molar-refractivity contribution is -0.131. The number of carbonyl (C=O) groups is 2. The van der Waals surface area contributed by atoms with Crippen LogP contribution < -0.4 is 16.4 Å². The number of hydrogen-bond acceptors (Lipinski definition) is 5. The average Bonchev–Trinajstić information content (AvgIpc) is 2.34. The number of ketones is 1. The van der Waals surface area contributed by atoms with Gasteiger partial charge in [-0.1, -0.05) is 0 Å². The Morgan fingerprint density at radius 1 is 1.50 bits per heavy atom. The molecular formula is C5H9N3O2. The summed E-state index contributed by atoms with van der Waals surface area (Å²) in [6, 6.07) is -0.477. The van der Waals surface area contributed by atoms with Crippen LogP contribution in [0.5, 0.6) is 0 Å². The second-order valence-electron chi connectivity index (χ2n) is 2.20. The molecule has 3 N–H and O–H groups in total. The molecule has 1 heterocycles. The molecular weight excluding hydrogens is 134 g/mol. The van der Waals surface area contributed by atoms with Crippen molar-refractivity contribution >= 4 is 12.1 Å². The Bertz CT molecular complexity index is 159. The quantitative estimate of drug-likeness (QED) is 0.312. The van der Waals surface area contributed by atoms with Gasteiger partial charge in [0.2, 0.25) is 5.78 Å². The molecule has 2 unspecified atom stereocenters. The third-order valence-corrected chi connectivity index (χ3v) is 1.45. The number of rotatable bonds is 2. The highest BCUT2D eigenvalue weighted by molar-refractivity contribution is 6.27. The van der Waals surface area contributed by atoms with Crippen molar-refractivity contribution in [2.24, 2.45) is 0 Å². The van der Waals surface area contributed by atoms with E-state index >= 15 is 0 Å². The Morgan fingerprint density at radius 3 is 2.60 bits per heavy atom. The summed E-state index contributed by atoms with van der Waals surface area (Å²) in [5.41, 5.74) is 7.92. The first-order chi connectivity index (χ1) is 4.75. The van der Waals surface area contributed by atoms with Crippen LogP contribution in [0.1, 0.15) is 6.92 Å². The van der Waals surface area contributed by atoms with Gasteiger partial charge in [0.1, 0.15) is 6.04 Å². The minimum atomic E-state index is -0.440. The van der Waals surface area contributed by atoms with Crippen LogP contribution in [0.25, 0.3) is 0 Å². The molecule has 0 spiro atoms. The van der Waals surface area contributed by atoms with Gasteiger partial charge in [-0.25, -0.2) is 10.9 Å². The van der Waals surface area contributed by atoms with Crippen molar-refractivity contribution in [1.29, 1.82) is 0 Å². The lowest BCUT2D eigenvalue weighted by atomic mass is 10.1. The topological polar surface area (TPSA) is 70.2 Å². The molecule has 1 aliphatic heterocycles. The van der Waals surface area contributed by atoms with E-state index in [1.165, 1.54) is 0 Å². The minimum absolute atomic E-state index is 0.0438. The second kappa shape index (κ2) is 2.87. The summed E-state index contributed by atoms with van der Waals surface area (Å²) in [5, 5.41) is 0. The highest BCUT2D eigenvalue weighted by Gasteiger charge is 2.28. The average molecular weight is 143 g/mol. The SMILES string of the molecule is CC1NNNC1C(=O)C=O. The van der Waals surface area contributed by atoms with Crippen LogP contribution in [0.15, 0.2) is 0 Å². The minimum Gasteiger partial charge on any atom is -0.295 e. The third kappa shape index (κ3) is 1.21. The van der Waals surface area contributed by atoms with Crippen LogP contribution in [0, 0.1) is 0 Å². The molecule has 0 saturated carbocycles. The molecule has 56 valence electrons. The van der Waals surface area contributed by atoms with E-state index in [4.69, 9.17) is 0 Å². The van der Waals surface area contributed by atoms with Crippen LogP contribution in [0.4, 0.5) is 0 Å². The lowest BCUT2D eigenvalue weighted by Crippen LogP contribution is -2.40. The molecule has 5 nitrogen and oxygen atoms in total. The Labute approximate surface area is 58.1 Å². The highest BCUT2D eigenvalue weighted by Crippen LogP contribution is 1.95. The lowest BCUT2D eigenvalue weighted by Gasteiger charge is -2.06. The summed E-state index contributed by atoms with van der Waals surface area (Å²) >= 11 is 0. The second-order valence-corrected chi connectivity index (χ2v) is 2.20. The van der Waals surface area contributed by atoms with Gasteiger partial charge < -0.3 is 0 Å². The van der Waals surface area contributed by atoms with E-state index in [-0.39, 0.29) is 6.04 Å². The van der Waals surface area contributed by atoms with Gasteiger partial charge in [0.25, 0.3) is 0 Å². The van der Waals surface area contributed by atoms with Gasteiger partial charge in [-0.05, 0) is 6.92 Å². The Kier molecular flexibility index (Phi) is 2.10. The molecule has 0 aromatic rings. The first-order valence-electron chi connectivity index (χ1n) is 3.01. The molecule has 0 amide bonds. The van der Waals surface area contributed by atoms with E-state index in [0.717, 1.165) is 0 Å². The molecule has 0 aromatic heterocycles. The van der Waals surface area contributed by atoms with Gasteiger partial charge in [0, 0.05) is 6.04 Å². The predicted octanol–water partition coefficient (Wildman–Crippen LogP) is -1.88. The predicted molar refractivity (Wildman–Crippen MR) is 33.7 cm³/mol. The number of hydrazine groups is 2. The maximum absolute atomic E-state index is 10.7. The Morgan fingerprint density at radius 2 is 2.20 bits per heavy atom. The van der Waals surface area contributed by atoms with E-state index in [0.29, 0.717) is 6.29 Å². The zero-order chi connectivity index (χ0) is 7.56. The first kappa shape index (κ1) is 7.33. The van der Waals surface area contributed by atoms with Crippen LogP contribution in [0.2, 0.25) is 0 Å². The summed E-state index contributed by atoms with van der Waals surface area (Å²) < 4.78 is 0. The van der Waals surface area contributed by atoms with Crippen LogP contribution in [0.3, 0.4) is 0 Å². The Balaban J connectivity index is 2.54. The fraction of sp³-hybridized carbons (Fsp3) is 0.600. The molecule has 0 radical (unpaired) electrons. The van der Waals surface area contributed by atoms with Crippen molar-refractivity contribution in [2.45, 2.75) is 19.0 Å². The van der Waals surface area contributed by atoms with Gasteiger partial charge in [-0.3, -0.25) is 9.59 Å². The molecule has 10 heavy (non-hydrogen) atoms. The molecule has 2 atom stereocenters. The fourth-order valence-electron chi connectivity index (χ4n) is 0.832. The van der Waals surface area contributed by atoms with Crippen LogP contribution in [-0.2, 0) is 9.59 Å².